The van der Waals surface area contributed by atoms with Crippen LogP contribution in [-0.2, 0) is 11.3 Å². The first kappa shape index (κ1) is 23.3. The monoisotopic (exact) mass is 455 g/mol. The zero-order valence-electron chi connectivity index (χ0n) is 18.6. The molecule has 1 atom stereocenters. The first-order chi connectivity index (χ1) is 15.3. The van der Waals surface area contributed by atoms with E-state index < -0.39 is 11.2 Å². The number of aromatic nitrogens is 2. The lowest BCUT2D eigenvalue weighted by Crippen LogP contribution is -2.42. The molecule has 0 spiro atoms. The molecule has 0 radical (unpaired) electrons. The maximum absolute atomic E-state index is 12.9. The summed E-state index contributed by atoms with van der Waals surface area (Å²) in [5, 5.41) is 5.03. The van der Waals surface area contributed by atoms with Gasteiger partial charge in [-0.1, -0.05) is 49.2 Å². The molecule has 0 fully saturated rings. The van der Waals surface area contributed by atoms with Crippen molar-refractivity contribution in [2.24, 2.45) is 0 Å². The van der Waals surface area contributed by atoms with Crippen LogP contribution in [0.1, 0.15) is 41.8 Å². The minimum absolute atomic E-state index is 0.0656. The minimum atomic E-state index is -0.608. The number of benzene rings is 1. The minimum Gasteiger partial charge on any atom is -0.383 e. The summed E-state index contributed by atoms with van der Waals surface area (Å²) in [6, 6.07) is 11.6. The van der Waals surface area contributed by atoms with E-state index in [1.165, 1.54) is 9.47 Å². The van der Waals surface area contributed by atoms with Gasteiger partial charge in [0.05, 0.1) is 12.6 Å². The molecule has 0 aliphatic carbocycles. The number of aryl methyl sites for hydroxylation is 1. The molecule has 0 saturated heterocycles. The fourth-order valence-electron chi connectivity index (χ4n) is 3.52. The van der Waals surface area contributed by atoms with Gasteiger partial charge < -0.3 is 16.0 Å². The van der Waals surface area contributed by atoms with Gasteiger partial charge in [-0.05, 0) is 30.4 Å². The van der Waals surface area contributed by atoms with Gasteiger partial charge in [0.25, 0.3) is 5.56 Å². The van der Waals surface area contributed by atoms with Crippen molar-refractivity contribution in [2.45, 2.75) is 39.3 Å². The van der Waals surface area contributed by atoms with Crippen LogP contribution < -0.4 is 27.2 Å². The molecule has 1 amide bonds. The fourth-order valence-corrected chi connectivity index (χ4v) is 4.32. The number of hydrogen-bond donors (Lipinski definition) is 3. The Hall–Kier alpha value is -3.33. The molecule has 4 N–H and O–H groups in total. The quantitative estimate of drug-likeness (QED) is 0.459. The van der Waals surface area contributed by atoms with E-state index >= 15 is 0 Å². The molecule has 0 bridgehead atoms. The fraction of sp³-hybridized carbons (Fsp3) is 0.348. The number of nitrogens with two attached hydrogens (primary N) is 1. The number of nitrogens with one attached hydrogen (secondary N) is 2. The van der Waals surface area contributed by atoms with E-state index in [9.17, 15) is 14.4 Å². The zero-order valence-corrected chi connectivity index (χ0v) is 19.4. The number of likely N-dealkylation sites (N-methyl/N-ethyl adjacent to an activating group) is 1. The molecule has 0 saturated carbocycles. The van der Waals surface area contributed by atoms with Crippen molar-refractivity contribution < 1.29 is 4.79 Å². The van der Waals surface area contributed by atoms with Crippen LogP contribution in [0.2, 0.25) is 0 Å². The van der Waals surface area contributed by atoms with Gasteiger partial charge in [-0.3, -0.25) is 19.1 Å². The van der Waals surface area contributed by atoms with Gasteiger partial charge in [0.1, 0.15) is 11.5 Å². The van der Waals surface area contributed by atoms with Gasteiger partial charge in [-0.2, -0.15) is 0 Å². The number of unbranched alkanes of at least 4 members (excludes halogenated alkanes) is 1. The number of aromatic amines is 1. The number of H-pyrrole nitrogens is 1. The molecule has 1 aromatic carbocycles. The maximum Gasteiger partial charge on any atom is 0.330 e. The van der Waals surface area contributed by atoms with E-state index in [0.717, 1.165) is 28.8 Å². The van der Waals surface area contributed by atoms with E-state index in [4.69, 9.17) is 5.73 Å². The largest absolute Gasteiger partial charge is 0.383 e. The second kappa shape index (κ2) is 10.3. The highest BCUT2D eigenvalue weighted by atomic mass is 32.1. The summed E-state index contributed by atoms with van der Waals surface area (Å²) in [7, 11) is 1.61. The molecule has 170 valence electrons. The smallest absolute Gasteiger partial charge is 0.330 e. The molecule has 0 aliphatic heterocycles. The number of thiophene rings is 1. The highest BCUT2D eigenvalue weighted by molar-refractivity contribution is 7.10. The Morgan fingerprint density at radius 1 is 1.25 bits per heavy atom. The summed E-state index contributed by atoms with van der Waals surface area (Å²) in [5.41, 5.74) is 7.23. The van der Waals surface area contributed by atoms with Crippen LogP contribution in [0, 0.1) is 6.92 Å². The average Bonchev–Trinajstić information content (AvgIpc) is 3.27. The standard InChI is InChI=1S/C23H29N5O3S/c1-4-5-12-28-21(24)20(22(30)26-23(28)31)27(3)14-18(29)25-19(17-7-6-13-32-17)16-10-8-15(2)9-11-16/h6-11,13,19H,4-5,12,14,24H2,1-3H3,(H,25,29)(H,26,30,31). The molecule has 2 aromatic heterocycles. The number of nitrogen functional groups attached to an aromatic ring is 1. The van der Waals surface area contributed by atoms with Gasteiger partial charge in [0, 0.05) is 18.5 Å². The molecule has 9 heteroatoms. The van der Waals surface area contributed by atoms with Crippen LogP contribution in [0.5, 0.6) is 0 Å². The second-order valence-electron chi connectivity index (χ2n) is 7.78. The SMILES string of the molecule is CCCCn1c(N)c(N(C)CC(=O)NC(c2ccc(C)cc2)c2cccs2)c(=O)[nH]c1=O. The third kappa shape index (κ3) is 5.28. The first-order valence-corrected chi connectivity index (χ1v) is 11.4. The van der Waals surface area contributed by atoms with Gasteiger partial charge in [-0.25, -0.2) is 4.79 Å². The van der Waals surface area contributed by atoms with Crippen molar-refractivity contribution in [1.29, 1.82) is 0 Å². The summed E-state index contributed by atoms with van der Waals surface area (Å²) in [4.78, 5) is 42.3. The number of anilines is 2. The van der Waals surface area contributed by atoms with Crippen molar-refractivity contribution in [3.8, 4) is 0 Å². The Bertz CT molecular complexity index is 1170. The van der Waals surface area contributed by atoms with E-state index in [-0.39, 0.29) is 30.0 Å². The summed E-state index contributed by atoms with van der Waals surface area (Å²) in [5.74, 6) is -0.201. The molecule has 0 aliphatic rings. The number of nitrogens with zero attached hydrogens (tertiary/aromatic N) is 2. The van der Waals surface area contributed by atoms with E-state index in [1.54, 1.807) is 18.4 Å². The third-order valence-electron chi connectivity index (χ3n) is 5.26. The Kier molecular flexibility index (Phi) is 7.53. The number of carbonyl (C=O) groups excluding carboxylic acids is 1. The highest BCUT2D eigenvalue weighted by Crippen LogP contribution is 2.26. The summed E-state index contributed by atoms with van der Waals surface area (Å²) in [6.45, 7) is 4.33. The van der Waals surface area contributed by atoms with E-state index in [2.05, 4.69) is 10.3 Å². The Morgan fingerprint density at radius 3 is 2.59 bits per heavy atom. The van der Waals surface area contributed by atoms with Crippen LogP contribution in [0.15, 0.2) is 51.4 Å². The van der Waals surface area contributed by atoms with Crippen molar-refractivity contribution in [3.05, 3.63) is 78.6 Å². The predicted octanol–water partition coefficient (Wildman–Crippen LogP) is 2.63. The number of amides is 1. The lowest BCUT2D eigenvalue weighted by atomic mass is 10.0. The summed E-state index contributed by atoms with van der Waals surface area (Å²) in [6.07, 6.45) is 1.63. The van der Waals surface area contributed by atoms with Crippen LogP contribution in [-0.4, -0.2) is 29.1 Å². The summed E-state index contributed by atoms with van der Waals surface area (Å²) < 4.78 is 1.34. The average molecular weight is 456 g/mol. The predicted molar refractivity (Wildman–Crippen MR) is 129 cm³/mol. The summed E-state index contributed by atoms with van der Waals surface area (Å²) >= 11 is 1.56. The second-order valence-corrected chi connectivity index (χ2v) is 8.76. The van der Waals surface area contributed by atoms with Crippen LogP contribution in [0.4, 0.5) is 11.5 Å². The molecule has 2 heterocycles. The molecule has 32 heavy (non-hydrogen) atoms. The van der Waals surface area contributed by atoms with Crippen LogP contribution in [0.3, 0.4) is 0 Å². The molecule has 1 unspecified atom stereocenters. The molecule has 3 aromatic rings. The van der Waals surface area contributed by atoms with Crippen molar-refractivity contribution in [3.63, 3.8) is 0 Å². The maximum atomic E-state index is 12.9. The molecular formula is C23H29N5O3S. The zero-order chi connectivity index (χ0) is 23.3. The van der Waals surface area contributed by atoms with Crippen molar-refractivity contribution in [2.75, 3.05) is 24.2 Å². The lowest BCUT2D eigenvalue weighted by Gasteiger charge is -2.23. The van der Waals surface area contributed by atoms with Gasteiger partial charge in [0.15, 0.2) is 0 Å². The topological polar surface area (TPSA) is 113 Å². The van der Waals surface area contributed by atoms with E-state index in [0.29, 0.717) is 6.54 Å². The van der Waals surface area contributed by atoms with E-state index in [1.807, 2.05) is 55.6 Å². The lowest BCUT2D eigenvalue weighted by molar-refractivity contribution is -0.120. The molecular weight excluding hydrogens is 426 g/mol. The first-order valence-electron chi connectivity index (χ1n) is 10.5. The third-order valence-corrected chi connectivity index (χ3v) is 6.19. The van der Waals surface area contributed by atoms with Gasteiger partial charge in [-0.15, -0.1) is 11.3 Å². The number of hydrogen-bond acceptors (Lipinski definition) is 6. The van der Waals surface area contributed by atoms with Crippen LogP contribution >= 0.6 is 11.3 Å². The Labute approximate surface area is 190 Å². The van der Waals surface area contributed by atoms with Crippen molar-refractivity contribution >= 4 is 28.7 Å². The molecule has 3 rings (SSSR count). The van der Waals surface area contributed by atoms with Crippen molar-refractivity contribution in [1.82, 2.24) is 14.9 Å². The molecule has 8 nitrogen and oxygen atoms in total. The highest BCUT2D eigenvalue weighted by Gasteiger charge is 2.21. The normalized spacial score (nSPS) is 11.8. The Balaban J connectivity index is 1.82. The Morgan fingerprint density at radius 2 is 1.97 bits per heavy atom. The number of rotatable bonds is 9. The van der Waals surface area contributed by atoms with Gasteiger partial charge in [0.2, 0.25) is 5.91 Å². The van der Waals surface area contributed by atoms with Crippen LogP contribution in [0.25, 0.3) is 0 Å². The van der Waals surface area contributed by atoms with Gasteiger partial charge >= 0.3 is 5.69 Å². The number of carbonyl (C=O) groups is 1.